The topological polar surface area (TPSA) is 49.4 Å². The molecule has 0 aliphatic carbocycles. The second-order valence-electron chi connectivity index (χ2n) is 6.12. The van der Waals surface area contributed by atoms with Crippen molar-refractivity contribution in [3.8, 4) is 0 Å². The summed E-state index contributed by atoms with van der Waals surface area (Å²) in [6, 6.07) is 8.45. The molecule has 0 bridgehead atoms. The van der Waals surface area contributed by atoms with Crippen LogP contribution in [0.5, 0.6) is 0 Å². The van der Waals surface area contributed by atoms with Crippen LogP contribution in [0, 0.1) is 5.92 Å². The largest absolute Gasteiger partial charge is 0.371 e. The quantitative estimate of drug-likeness (QED) is 0.750. The fourth-order valence-corrected chi connectivity index (χ4v) is 3.98. The molecule has 0 saturated carbocycles. The molecule has 0 amide bonds. The van der Waals surface area contributed by atoms with E-state index in [4.69, 9.17) is 0 Å². The van der Waals surface area contributed by atoms with E-state index in [0.717, 1.165) is 32.4 Å². The fourth-order valence-electron chi connectivity index (χ4n) is 2.60. The molecule has 118 valence electrons. The second kappa shape index (κ2) is 7.27. The highest BCUT2D eigenvalue weighted by Gasteiger charge is 2.17. The maximum absolute atomic E-state index is 11.8. The van der Waals surface area contributed by atoms with E-state index in [-0.39, 0.29) is 5.75 Å². The van der Waals surface area contributed by atoms with Gasteiger partial charge in [-0.05, 0) is 36.8 Å². The number of sulfonamides is 1. The van der Waals surface area contributed by atoms with E-state index in [0.29, 0.717) is 12.5 Å². The SMILES string of the molecule is CC(C)CCS(=O)(=O)NCCCN1CCc2ccccc21. The lowest BCUT2D eigenvalue weighted by molar-refractivity contribution is 0.559. The Morgan fingerprint density at radius 3 is 2.81 bits per heavy atom. The molecule has 2 rings (SSSR count). The Morgan fingerprint density at radius 1 is 1.29 bits per heavy atom. The number of hydrogen-bond acceptors (Lipinski definition) is 3. The van der Waals surface area contributed by atoms with Crippen molar-refractivity contribution in [2.24, 2.45) is 5.92 Å². The van der Waals surface area contributed by atoms with E-state index in [1.165, 1.54) is 11.3 Å². The van der Waals surface area contributed by atoms with E-state index < -0.39 is 10.0 Å². The van der Waals surface area contributed by atoms with Crippen LogP contribution >= 0.6 is 0 Å². The molecule has 4 nitrogen and oxygen atoms in total. The average molecular weight is 310 g/mol. The van der Waals surface area contributed by atoms with Crippen LogP contribution in [0.1, 0.15) is 32.3 Å². The summed E-state index contributed by atoms with van der Waals surface area (Å²) in [6.45, 7) is 6.56. The van der Waals surface area contributed by atoms with Gasteiger partial charge in [-0.3, -0.25) is 0 Å². The Kier molecular flexibility index (Phi) is 5.65. The van der Waals surface area contributed by atoms with Crippen LogP contribution in [0.3, 0.4) is 0 Å². The fraction of sp³-hybridized carbons (Fsp3) is 0.625. The lowest BCUT2D eigenvalue weighted by atomic mass is 10.2. The van der Waals surface area contributed by atoms with Crippen molar-refractivity contribution in [2.75, 3.05) is 30.3 Å². The minimum Gasteiger partial charge on any atom is -0.371 e. The third-order valence-corrected chi connectivity index (χ3v) is 5.29. The van der Waals surface area contributed by atoms with Crippen LogP contribution in [0.15, 0.2) is 24.3 Å². The Labute approximate surface area is 128 Å². The molecule has 0 fully saturated rings. The van der Waals surface area contributed by atoms with Gasteiger partial charge in [0.2, 0.25) is 10.0 Å². The molecule has 0 saturated heterocycles. The molecule has 1 aromatic carbocycles. The predicted molar refractivity (Wildman–Crippen MR) is 88.2 cm³/mol. The van der Waals surface area contributed by atoms with Gasteiger partial charge in [0.1, 0.15) is 0 Å². The Bertz CT molecular complexity index is 555. The van der Waals surface area contributed by atoms with Crippen molar-refractivity contribution >= 4 is 15.7 Å². The normalized spacial score (nSPS) is 14.7. The third-order valence-electron chi connectivity index (χ3n) is 3.87. The zero-order chi connectivity index (χ0) is 15.3. The average Bonchev–Trinajstić information content (AvgIpc) is 2.85. The molecule has 1 N–H and O–H groups in total. The summed E-state index contributed by atoms with van der Waals surface area (Å²) in [6.07, 6.45) is 2.65. The number of para-hydroxylation sites is 1. The van der Waals surface area contributed by atoms with E-state index >= 15 is 0 Å². The molecular weight excluding hydrogens is 284 g/mol. The zero-order valence-corrected chi connectivity index (χ0v) is 13.8. The number of hydrogen-bond donors (Lipinski definition) is 1. The third kappa shape index (κ3) is 5.00. The van der Waals surface area contributed by atoms with Crippen LogP contribution in [0.25, 0.3) is 0 Å². The van der Waals surface area contributed by atoms with Crippen LogP contribution in [0.4, 0.5) is 5.69 Å². The molecule has 0 radical (unpaired) electrons. The van der Waals surface area contributed by atoms with Crippen molar-refractivity contribution in [3.05, 3.63) is 29.8 Å². The van der Waals surface area contributed by atoms with Gasteiger partial charge in [-0.25, -0.2) is 13.1 Å². The molecular formula is C16H26N2O2S. The summed E-state index contributed by atoms with van der Waals surface area (Å²) >= 11 is 0. The predicted octanol–water partition coefficient (Wildman–Crippen LogP) is 2.40. The molecule has 0 spiro atoms. The Morgan fingerprint density at radius 2 is 2.05 bits per heavy atom. The molecule has 0 aromatic heterocycles. The zero-order valence-electron chi connectivity index (χ0n) is 13.0. The van der Waals surface area contributed by atoms with Gasteiger partial charge in [0.25, 0.3) is 0 Å². The van der Waals surface area contributed by atoms with E-state index in [9.17, 15) is 8.42 Å². The highest BCUT2D eigenvalue weighted by Crippen LogP contribution is 2.27. The van der Waals surface area contributed by atoms with Gasteiger partial charge < -0.3 is 4.90 Å². The van der Waals surface area contributed by atoms with Gasteiger partial charge in [-0.15, -0.1) is 0 Å². The number of nitrogens with zero attached hydrogens (tertiary/aromatic N) is 1. The Hall–Kier alpha value is -1.07. The van der Waals surface area contributed by atoms with Gasteiger partial charge >= 0.3 is 0 Å². The van der Waals surface area contributed by atoms with Crippen LogP contribution in [-0.4, -0.2) is 33.8 Å². The van der Waals surface area contributed by atoms with Crippen molar-refractivity contribution < 1.29 is 8.42 Å². The Balaban J connectivity index is 1.71. The highest BCUT2D eigenvalue weighted by molar-refractivity contribution is 7.89. The van der Waals surface area contributed by atoms with Crippen molar-refractivity contribution in [1.29, 1.82) is 0 Å². The molecule has 5 heteroatoms. The van der Waals surface area contributed by atoms with Gasteiger partial charge in [0.15, 0.2) is 0 Å². The van der Waals surface area contributed by atoms with E-state index in [1.807, 2.05) is 13.8 Å². The molecule has 0 unspecified atom stereocenters. The van der Waals surface area contributed by atoms with Crippen molar-refractivity contribution in [1.82, 2.24) is 4.72 Å². The summed E-state index contributed by atoms with van der Waals surface area (Å²) in [5.41, 5.74) is 2.70. The first-order valence-electron chi connectivity index (χ1n) is 7.78. The lowest BCUT2D eigenvalue weighted by Crippen LogP contribution is -2.31. The standard InChI is InChI=1S/C16H26N2O2S/c1-14(2)9-13-21(19,20)17-10-5-11-18-12-8-15-6-3-4-7-16(15)18/h3-4,6-7,14,17H,5,8-13H2,1-2H3. The molecule has 0 atom stereocenters. The molecule has 1 aliphatic rings. The summed E-state index contributed by atoms with van der Waals surface area (Å²) in [4.78, 5) is 2.34. The highest BCUT2D eigenvalue weighted by atomic mass is 32.2. The summed E-state index contributed by atoms with van der Waals surface area (Å²) in [5.74, 6) is 0.652. The van der Waals surface area contributed by atoms with Gasteiger partial charge in [0.05, 0.1) is 5.75 Å². The van der Waals surface area contributed by atoms with Crippen molar-refractivity contribution in [3.63, 3.8) is 0 Å². The monoisotopic (exact) mass is 310 g/mol. The van der Waals surface area contributed by atoms with Gasteiger partial charge in [-0.2, -0.15) is 0 Å². The van der Waals surface area contributed by atoms with Crippen LogP contribution in [0.2, 0.25) is 0 Å². The first-order chi connectivity index (χ1) is 9.98. The minimum atomic E-state index is -3.10. The van der Waals surface area contributed by atoms with Crippen molar-refractivity contribution in [2.45, 2.75) is 33.1 Å². The summed E-state index contributed by atoms with van der Waals surface area (Å²) in [5, 5.41) is 0. The number of fused-ring (bicyclic) bond motifs is 1. The van der Waals surface area contributed by atoms with Crippen LogP contribution < -0.4 is 9.62 Å². The smallest absolute Gasteiger partial charge is 0.211 e. The number of anilines is 1. The summed E-state index contributed by atoms with van der Waals surface area (Å²) < 4.78 is 26.3. The first kappa shape index (κ1) is 16.3. The molecule has 1 heterocycles. The first-order valence-corrected chi connectivity index (χ1v) is 9.43. The number of benzene rings is 1. The summed E-state index contributed by atoms with van der Waals surface area (Å²) in [7, 11) is -3.10. The van der Waals surface area contributed by atoms with E-state index in [2.05, 4.69) is 33.9 Å². The molecule has 21 heavy (non-hydrogen) atoms. The number of nitrogens with one attached hydrogen (secondary N) is 1. The molecule has 1 aromatic rings. The maximum atomic E-state index is 11.8. The second-order valence-corrected chi connectivity index (χ2v) is 8.04. The van der Waals surface area contributed by atoms with Gasteiger partial charge in [-0.1, -0.05) is 32.0 Å². The minimum absolute atomic E-state index is 0.233. The van der Waals surface area contributed by atoms with E-state index in [1.54, 1.807) is 0 Å². The van der Waals surface area contributed by atoms with Gasteiger partial charge in [0, 0.05) is 25.3 Å². The van der Waals surface area contributed by atoms with Crippen LogP contribution in [-0.2, 0) is 16.4 Å². The number of rotatable bonds is 8. The lowest BCUT2D eigenvalue weighted by Gasteiger charge is -2.19. The maximum Gasteiger partial charge on any atom is 0.211 e. The molecule has 1 aliphatic heterocycles.